The summed E-state index contributed by atoms with van der Waals surface area (Å²) >= 11 is 0. The zero-order valence-corrected chi connectivity index (χ0v) is 9.34. The summed E-state index contributed by atoms with van der Waals surface area (Å²) in [6.45, 7) is 1.85. The van der Waals surface area contributed by atoms with Crippen LogP contribution in [0.3, 0.4) is 0 Å². The number of fused-ring (bicyclic) bond motifs is 1. The normalized spacial score (nSPS) is 14.7. The third-order valence-electron chi connectivity index (χ3n) is 3.10. The fraction of sp³-hybridized carbons (Fsp3) is 0.308. The molecule has 84 valence electrons. The van der Waals surface area contributed by atoms with Crippen molar-refractivity contribution >= 4 is 11.9 Å². The van der Waals surface area contributed by atoms with Gasteiger partial charge in [0, 0.05) is 0 Å². The van der Waals surface area contributed by atoms with Crippen molar-refractivity contribution in [2.75, 3.05) is 7.11 Å². The number of methoxy groups -OCH3 is 1. The van der Waals surface area contributed by atoms with E-state index in [-0.39, 0.29) is 11.6 Å². The Balaban J connectivity index is 2.61. The summed E-state index contributed by atoms with van der Waals surface area (Å²) in [4.78, 5) is 10.8. The first-order valence-electron chi connectivity index (χ1n) is 5.19. The number of benzene rings is 1. The lowest BCUT2D eigenvalue weighted by molar-refractivity contribution is -0.105. The molecule has 0 saturated heterocycles. The summed E-state index contributed by atoms with van der Waals surface area (Å²) in [6.07, 6.45) is 2.02. The monoisotopic (exact) mass is 220 g/mol. The molecule has 0 radical (unpaired) electrons. The van der Waals surface area contributed by atoms with Gasteiger partial charge < -0.3 is 4.74 Å². The van der Waals surface area contributed by atoms with Gasteiger partial charge in [0.15, 0.2) is 11.6 Å². The first kappa shape index (κ1) is 10.9. The van der Waals surface area contributed by atoms with Crippen LogP contribution in [-0.4, -0.2) is 13.4 Å². The predicted octanol–water partition coefficient (Wildman–Crippen LogP) is 2.75. The van der Waals surface area contributed by atoms with Crippen molar-refractivity contribution in [1.82, 2.24) is 0 Å². The minimum absolute atomic E-state index is 0.265. The number of halogens is 1. The molecule has 1 aromatic rings. The summed E-state index contributed by atoms with van der Waals surface area (Å²) in [5, 5.41) is 0. The highest BCUT2D eigenvalue weighted by atomic mass is 19.1. The lowest BCUT2D eigenvalue weighted by atomic mass is 9.86. The van der Waals surface area contributed by atoms with Gasteiger partial charge in [0.05, 0.1) is 7.11 Å². The molecule has 0 bridgehead atoms. The Morgan fingerprint density at radius 2 is 2.12 bits per heavy atom. The Labute approximate surface area is 93.7 Å². The van der Waals surface area contributed by atoms with E-state index < -0.39 is 0 Å². The number of hydrogen-bond acceptors (Lipinski definition) is 2. The van der Waals surface area contributed by atoms with E-state index in [4.69, 9.17) is 4.74 Å². The van der Waals surface area contributed by atoms with E-state index in [0.29, 0.717) is 18.4 Å². The molecule has 0 unspecified atom stereocenters. The Hall–Kier alpha value is -1.64. The Morgan fingerprint density at radius 3 is 2.75 bits per heavy atom. The second-order valence-electron chi connectivity index (χ2n) is 3.88. The van der Waals surface area contributed by atoms with Gasteiger partial charge in [0.2, 0.25) is 0 Å². The molecule has 1 aliphatic rings. The van der Waals surface area contributed by atoms with Crippen molar-refractivity contribution in [3.63, 3.8) is 0 Å². The maximum absolute atomic E-state index is 13.9. The van der Waals surface area contributed by atoms with Crippen LogP contribution in [0.15, 0.2) is 17.7 Å². The standard InChI is InChI=1S/C13H13FO2/c1-8-9(7-15)3-4-11-10(8)5-6-12(16-2)13(11)14/h5-7H,3-4H2,1-2H3. The van der Waals surface area contributed by atoms with Crippen LogP contribution in [0.1, 0.15) is 24.5 Å². The van der Waals surface area contributed by atoms with Gasteiger partial charge >= 0.3 is 0 Å². The zero-order chi connectivity index (χ0) is 11.7. The molecule has 2 rings (SSSR count). The molecule has 1 aliphatic carbocycles. The van der Waals surface area contributed by atoms with Crippen molar-refractivity contribution < 1.29 is 13.9 Å². The van der Waals surface area contributed by atoms with Gasteiger partial charge in [-0.25, -0.2) is 4.39 Å². The minimum atomic E-state index is -0.302. The van der Waals surface area contributed by atoms with Crippen LogP contribution in [0.5, 0.6) is 5.75 Å². The Morgan fingerprint density at radius 1 is 1.38 bits per heavy atom. The minimum Gasteiger partial charge on any atom is -0.494 e. The van der Waals surface area contributed by atoms with E-state index in [0.717, 1.165) is 23.0 Å². The van der Waals surface area contributed by atoms with Crippen LogP contribution in [-0.2, 0) is 11.2 Å². The summed E-state index contributed by atoms with van der Waals surface area (Å²) in [5.41, 5.74) is 3.11. The molecule has 0 aliphatic heterocycles. The summed E-state index contributed by atoms with van der Waals surface area (Å²) in [7, 11) is 1.45. The molecule has 0 aromatic heterocycles. The lowest BCUT2D eigenvalue weighted by Crippen LogP contribution is -2.07. The topological polar surface area (TPSA) is 26.3 Å². The lowest BCUT2D eigenvalue weighted by Gasteiger charge is -2.19. The second-order valence-corrected chi connectivity index (χ2v) is 3.88. The van der Waals surface area contributed by atoms with Crippen LogP contribution in [0.4, 0.5) is 4.39 Å². The van der Waals surface area contributed by atoms with Gasteiger partial charge in [0.1, 0.15) is 6.29 Å². The Kier molecular flexibility index (Phi) is 2.77. The average Bonchev–Trinajstić information content (AvgIpc) is 2.31. The van der Waals surface area contributed by atoms with Gasteiger partial charge in [0.25, 0.3) is 0 Å². The van der Waals surface area contributed by atoms with Crippen LogP contribution in [0.25, 0.3) is 5.57 Å². The number of allylic oxidation sites excluding steroid dienone is 2. The van der Waals surface area contributed by atoms with Crippen molar-refractivity contribution in [3.05, 3.63) is 34.6 Å². The molecule has 0 atom stereocenters. The van der Waals surface area contributed by atoms with Crippen LogP contribution in [0, 0.1) is 5.82 Å². The van der Waals surface area contributed by atoms with E-state index in [2.05, 4.69) is 0 Å². The quantitative estimate of drug-likeness (QED) is 0.716. The number of ether oxygens (including phenoxy) is 1. The molecule has 3 heteroatoms. The number of hydrogen-bond donors (Lipinski definition) is 0. The average molecular weight is 220 g/mol. The fourth-order valence-corrected chi connectivity index (χ4v) is 2.12. The molecule has 0 amide bonds. The van der Waals surface area contributed by atoms with E-state index in [1.165, 1.54) is 7.11 Å². The molecular weight excluding hydrogens is 207 g/mol. The third kappa shape index (κ3) is 1.52. The second kappa shape index (κ2) is 4.08. The van der Waals surface area contributed by atoms with Crippen LogP contribution >= 0.6 is 0 Å². The Bertz CT molecular complexity index is 475. The number of aldehydes is 1. The molecule has 0 spiro atoms. The fourth-order valence-electron chi connectivity index (χ4n) is 2.12. The van der Waals surface area contributed by atoms with E-state index in [9.17, 15) is 9.18 Å². The summed E-state index contributed by atoms with van der Waals surface area (Å²) < 4.78 is 18.9. The SMILES string of the molecule is COc1ccc2c(c1F)CCC(C=O)=C2C. The number of carbonyl (C=O) groups excluding carboxylic acids is 1. The highest BCUT2D eigenvalue weighted by Crippen LogP contribution is 2.34. The van der Waals surface area contributed by atoms with Gasteiger partial charge in [-0.1, -0.05) is 6.07 Å². The van der Waals surface area contributed by atoms with Crippen molar-refractivity contribution in [1.29, 1.82) is 0 Å². The molecular formula is C13H13FO2. The highest BCUT2D eigenvalue weighted by Gasteiger charge is 2.20. The molecule has 0 fully saturated rings. The maximum Gasteiger partial charge on any atom is 0.168 e. The van der Waals surface area contributed by atoms with Crippen molar-refractivity contribution in [2.24, 2.45) is 0 Å². The van der Waals surface area contributed by atoms with Gasteiger partial charge in [-0.2, -0.15) is 0 Å². The number of rotatable bonds is 2. The smallest absolute Gasteiger partial charge is 0.168 e. The molecule has 16 heavy (non-hydrogen) atoms. The third-order valence-corrected chi connectivity index (χ3v) is 3.10. The molecule has 2 nitrogen and oxygen atoms in total. The molecule has 0 saturated carbocycles. The van der Waals surface area contributed by atoms with E-state index in [1.807, 2.05) is 13.0 Å². The largest absolute Gasteiger partial charge is 0.494 e. The van der Waals surface area contributed by atoms with Gasteiger partial charge in [-0.3, -0.25) is 4.79 Å². The zero-order valence-electron chi connectivity index (χ0n) is 9.34. The first-order chi connectivity index (χ1) is 7.69. The maximum atomic E-state index is 13.9. The van der Waals surface area contributed by atoms with Gasteiger partial charge in [-0.15, -0.1) is 0 Å². The first-order valence-corrected chi connectivity index (χ1v) is 5.19. The molecule has 0 heterocycles. The molecule has 1 aromatic carbocycles. The summed E-state index contributed by atoms with van der Waals surface area (Å²) in [6, 6.07) is 3.42. The van der Waals surface area contributed by atoms with Crippen molar-refractivity contribution in [3.8, 4) is 5.75 Å². The van der Waals surface area contributed by atoms with Gasteiger partial charge in [-0.05, 0) is 48.1 Å². The summed E-state index contributed by atoms with van der Waals surface area (Å²) in [5.74, 6) is -0.0367. The predicted molar refractivity (Wildman–Crippen MR) is 59.9 cm³/mol. The number of carbonyl (C=O) groups is 1. The van der Waals surface area contributed by atoms with E-state index in [1.54, 1.807) is 6.07 Å². The highest BCUT2D eigenvalue weighted by molar-refractivity contribution is 5.89. The molecule has 0 N–H and O–H groups in total. The van der Waals surface area contributed by atoms with Crippen LogP contribution in [0.2, 0.25) is 0 Å². The van der Waals surface area contributed by atoms with Crippen LogP contribution < -0.4 is 4.74 Å². The van der Waals surface area contributed by atoms with E-state index >= 15 is 0 Å². The van der Waals surface area contributed by atoms with Crippen molar-refractivity contribution in [2.45, 2.75) is 19.8 Å².